The molecule has 0 bridgehead atoms. The smallest absolute Gasteiger partial charge is 0.256 e. The number of hydrogen-bond acceptors (Lipinski definition) is 2. The lowest BCUT2D eigenvalue weighted by Gasteiger charge is -2.13. The number of benzene rings is 2. The number of hydrogen-bond donors (Lipinski definition) is 2. The Hall–Kier alpha value is -1.63. The van der Waals surface area contributed by atoms with Gasteiger partial charge in [-0.25, -0.2) is 4.39 Å². The summed E-state index contributed by atoms with van der Waals surface area (Å²) in [6, 6.07) is 7.70. The summed E-state index contributed by atoms with van der Waals surface area (Å²) in [4.78, 5) is 12.3. The third-order valence-electron chi connectivity index (χ3n) is 2.97. The molecule has 2 aromatic carbocycles. The van der Waals surface area contributed by atoms with Crippen molar-refractivity contribution in [3.8, 4) is 0 Å². The maximum atomic E-state index is 13.1. The Bertz CT molecular complexity index is 663. The molecule has 2 rings (SSSR count). The van der Waals surface area contributed by atoms with Gasteiger partial charge in [-0.3, -0.25) is 4.79 Å². The Labute approximate surface area is 130 Å². The highest BCUT2D eigenvalue weighted by Crippen LogP contribution is 2.24. The molecule has 0 saturated carbocycles. The normalized spacial score (nSPS) is 10.4. The molecular formula is C15H14FIN2O. The lowest BCUT2D eigenvalue weighted by atomic mass is 10.1. The van der Waals surface area contributed by atoms with Gasteiger partial charge in [-0.2, -0.15) is 0 Å². The zero-order chi connectivity index (χ0) is 14.9. The highest BCUT2D eigenvalue weighted by molar-refractivity contribution is 14.1. The molecule has 1 amide bonds. The largest absolute Gasteiger partial charge is 0.399 e. The second-order valence-corrected chi connectivity index (χ2v) is 5.77. The van der Waals surface area contributed by atoms with Crippen LogP contribution in [0.4, 0.5) is 15.8 Å². The van der Waals surface area contributed by atoms with Crippen LogP contribution in [0.2, 0.25) is 0 Å². The molecule has 3 nitrogen and oxygen atoms in total. The summed E-state index contributed by atoms with van der Waals surface area (Å²) in [6.45, 7) is 3.77. The van der Waals surface area contributed by atoms with Gasteiger partial charge in [0.25, 0.3) is 5.91 Å². The first-order chi connectivity index (χ1) is 9.38. The highest BCUT2D eigenvalue weighted by atomic mass is 127. The van der Waals surface area contributed by atoms with Gasteiger partial charge >= 0.3 is 0 Å². The molecule has 5 heteroatoms. The second kappa shape index (κ2) is 5.78. The molecule has 0 atom stereocenters. The average molecular weight is 384 g/mol. The quantitative estimate of drug-likeness (QED) is 0.610. The Morgan fingerprint density at radius 2 is 1.80 bits per heavy atom. The van der Waals surface area contributed by atoms with Crippen molar-refractivity contribution < 1.29 is 9.18 Å². The van der Waals surface area contributed by atoms with E-state index in [-0.39, 0.29) is 11.7 Å². The van der Waals surface area contributed by atoms with Crippen molar-refractivity contribution in [3.05, 3.63) is 56.4 Å². The fourth-order valence-corrected chi connectivity index (χ4v) is 2.77. The van der Waals surface area contributed by atoms with Crippen molar-refractivity contribution in [2.45, 2.75) is 13.8 Å². The van der Waals surface area contributed by atoms with E-state index in [4.69, 9.17) is 5.73 Å². The maximum absolute atomic E-state index is 13.1. The van der Waals surface area contributed by atoms with Gasteiger partial charge in [0.1, 0.15) is 5.82 Å². The number of carbonyl (C=O) groups excluding carboxylic acids is 1. The van der Waals surface area contributed by atoms with E-state index in [0.717, 1.165) is 16.8 Å². The van der Waals surface area contributed by atoms with E-state index in [0.29, 0.717) is 14.8 Å². The van der Waals surface area contributed by atoms with E-state index >= 15 is 0 Å². The molecule has 0 unspecified atom stereocenters. The average Bonchev–Trinajstić information content (AvgIpc) is 2.33. The van der Waals surface area contributed by atoms with Gasteiger partial charge in [-0.1, -0.05) is 0 Å². The first-order valence-corrected chi connectivity index (χ1v) is 7.09. The lowest BCUT2D eigenvalue weighted by Crippen LogP contribution is -2.15. The summed E-state index contributed by atoms with van der Waals surface area (Å²) in [5.41, 5.74) is 9.40. The van der Waals surface area contributed by atoms with Crippen LogP contribution in [0.15, 0.2) is 30.3 Å². The van der Waals surface area contributed by atoms with E-state index in [1.807, 2.05) is 36.4 Å². The fourth-order valence-electron chi connectivity index (χ4n) is 2.05. The van der Waals surface area contributed by atoms with Gasteiger partial charge in [0.15, 0.2) is 0 Å². The minimum atomic E-state index is -0.356. The minimum absolute atomic E-state index is 0.259. The number of nitrogen functional groups attached to an aromatic ring is 1. The molecule has 20 heavy (non-hydrogen) atoms. The van der Waals surface area contributed by atoms with Crippen LogP contribution in [0.3, 0.4) is 0 Å². The Kier molecular flexibility index (Phi) is 4.27. The zero-order valence-corrected chi connectivity index (χ0v) is 13.3. The molecular weight excluding hydrogens is 370 g/mol. The molecule has 0 spiro atoms. The minimum Gasteiger partial charge on any atom is -0.399 e. The standard InChI is InChI=1S/C15H14FIN2O/c1-8-5-11(18)6-9(2)14(8)19-15(20)12-4-3-10(16)7-13(12)17/h3-7H,18H2,1-2H3,(H,19,20). The number of rotatable bonds is 2. The Morgan fingerprint density at radius 3 is 2.35 bits per heavy atom. The van der Waals surface area contributed by atoms with E-state index in [1.165, 1.54) is 18.2 Å². The predicted octanol–water partition coefficient (Wildman–Crippen LogP) is 3.88. The summed E-state index contributed by atoms with van der Waals surface area (Å²) < 4.78 is 13.6. The second-order valence-electron chi connectivity index (χ2n) is 4.61. The van der Waals surface area contributed by atoms with Crippen LogP contribution in [-0.2, 0) is 0 Å². The maximum Gasteiger partial charge on any atom is 0.256 e. The molecule has 0 aliphatic heterocycles. The molecule has 0 saturated heterocycles. The van der Waals surface area contributed by atoms with Crippen LogP contribution in [-0.4, -0.2) is 5.91 Å². The van der Waals surface area contributed by atoms with E-state index in [9.17, 15) is 9.18 Å². The molecule has 104 valence electrons. The summed E-state index contributed by atoms with van der Waals surface area (Å²) in [5.74, 6) is -0.615. The summed E-state index contributed by atoms with van der Waals surface area (Å²) in [6.07, 6.45) is 0. The van der Waals surface area contributed by atoms with Crippen molar-refractivity contribution in [1.82, 2.24) is 0 Å². The van der Waals surface area contributed by atoms with Crippen LogP contribution in [0, 0.1) is 23.2 Å². The number of nitrogens with two attached hydrogens (primary N) is 1. The monoisotopic (exact) mass is 384 g/mol. The predicted molar refractivity (Wildman–Crippen MR) is 87.4 cm³/mol. The van der Waals surface area contributed by atoms with Crippen molar-refractivity contribution >= 4 is 39.9 Å². The van der Waals surface area contributed by atoms with Crippen molar-refractivity contribution in [2.75, 3.05) is 11.1 Å². The molecule has 0 aliphatic carbocycles. The van der Waals surface area contributed by atoms with Crippen LogP contribution in [0.5, 0.6) is 0 Å². The van der Waals surface area contributed by atoms with Crippen molar-refractivity contribution in [3.63, 3.8) is 0 Å². The zero-order valence-electron chi connectivity index (χ0n) is 11.1. The van der Waals surface area contributed by atoms with E-state index in [1.54, 1.807) is 12.1 Å². The number of amides is 1. The number of carbonyl (C=O) groups is 1. The number of anilines is 2. The van der Waals surface area contributed by atoms with Gasteiger partial charge in [0.2, 0.25) is 0 Å². The van der Waals surface area contributed by atoms with Crippen LogP contribution in [0.25, 0.3) is 0 Å². The molecule has 2 aromatic rings. The third-order valence-corrected chi connectivity index (χ3v) is 3.86. The van der Waals surface area contributed by atoms with Gasteiger partial charge < -0.3 is 11.1 Å². The summed E-state index contributed by atoms with van der Waals surface area (Å²) >= 11 is 1.95. The van der Waals surface area contributed by atoms with E-state index < -0.39 is 0 Å². The third kappa shape index (κ3) is 3.09. The first kappa shape index (κ1) is 14.8. The van der Waals surface area contributed by atoms with Gasteiger partial charge in [-0.05, 0) is 77.9 Å². The van der Waals surface area contributed by atoms with Crippen LogP contribution >= 0.6 is 22.6 Å². The topological polar surface area (TPSA) is 55.1 Å². The molecule has 0 radical (unpaired) electrons. The van der Waals surface area contributed by atoms with Crippen LogP contribution in [0.1, 0.15) is 21.5 Å². The van der Waals surface area contributed by atoms with Crippen LogP contribution < -0.4 is 11.1 Å². The number of aryl methyl sites for hydroxylation is 2. The SMILES string of the molecule is Cc1cc(N)cc(C)c1NC(=O)c1ccc(F)cc1I. The van der Waals surface area contributed by atoms with Gasteiger partial charge in [0.05, 0.1) is 5.56 Å². The van der Waals surface area contributed by atoms with Crippen molar-refractivity contribution in [1.29, 1.82) is 0 Å². The van der Waals surface area contributed by atoms with Gasteiger partial charge in [-0.15, -0.1) is 0 Å². The lowest BCUT2D eigenvalue weighted by molar-refractivity contribution is 0.102. The molecule has 3 N–H and O–H groups in total. The fraction of sp³-hybridized carbons (Fsp3) is 0.133. The number of halogens is 2. The van der Waals surface area contributed by atoms with Crippen molar-refractivity contribution in [2.24, 2.45) is 0 Å². The summed E-state index contributed by atoms with van der Waals surface area (Å²) in [7, 11) is 0. The molecule has 0 aliphatic rings. The Balaban J connectivity index is 2.33. The molecule has 0 fully saturated rings. The number of nitrogens with one attached hydrogen (secondary N) is 1. The first-order valence-electron chi connectivity index (χ1n) is 6.01. The van der Waals surface area contributed by atoms with Gasteiger partial charge in [0, 0.05) is 14.9 Å². The molecule has 0 aromatic heterocycles. The highest BCUT2D eigenvalue weighted by Gasteiger charge is 2.13. The molecule has 0 heterocycles. The summed E-state index contributed by atoms with van der Waals surface area (Å²) in [5, 5.41) is 2.86. The Morgan fingerprint density at radius 1 is 1.20 bits per heavy atom. The van der Waals surface area contributed by atoms with E-state index in [2.05, 4.69) is 5.32 Å².